The zero-order valence-corrected chi connectivity index (χ0v) is 16.0. The highest BCUT2D eigenvalue weighted by Crippen LogP contribution is 2.32. The van der Waals surface area contributed by atoms with Crippen molar-refractivity contribution >= 4 is 12.0 Å². The van der Waals surface area contributed by atoms with E-state index in [0.717, 1.165) is 17.1 Å². The molecule has 0 radical (unpaired) electrons. The van der Waals surface area contributed by atoms with E-state index < -0.39 is 0 Å². The Labute approximate surface area is 159 Å². The lowest BCUT2D eigenvalue weighted by Crippen LogP contribution is -2.26. The molecule has 0 saturated heterocycles. The van der Waals surface area contributed by atoms with E-state index in [1.54, 1.807) is 6.08 Å². The van der Waals surface area contributed by atoms with Crippen LogP contribution in [0.2, 0.25) is 0 Å². The van der Waals surface area contributed by atoms with Crippen LogP contribution in [0.5, 0.6) is 17.2 Å². The maximum atomic E-state index is 11.9. The second-order valence-corrected chi connectivity index (χ2v) is 7.36. The minimum absolute atomic E-state index is 0.122. The highest BCUT2D eigenvalue weighted by molar-refractivity contribution is 5.91. The van der Waals surface area contributed by atoms with Crippen molar-refractivity contribution in [1.82, 2.24) is 5.32 Å². The molecule has 1 amide bonds. The molecule has 5 nitrogen and oxygen atoms in total. The van der Waals surface area contributed by atoms with Gasteiger partial charge in [0.15, 0.2) is 11.5 Å². The van der Waals surface area contributed by atoms with Crippen molar-refractivity contribution in [1.29, 1.82) is 0 Å². The summed E-state index contributed by atoms with van der Waals surface area (Å²) in [6.45, 7) is 7.62. The van der Waals surface area contributed by atoms with Crippen molar-refractivity contribution < 1.29 is 19.0 Å². The predicted octanol–water partition coefficient (Wildman–Crippen LogP) is 3.92. The molecule has 0 spiro atoms. The van der Waals surface area contributed by atoms with E-state index in [0.29, 0.717) is 18.9 Å². The molecule has 1 aliphatic rings. The average molecular weight is 367 g/mol. The molecular formula is C22H25NO4. The number of carbonyl (C=O) groups is 1. The first-order valence-corrected chi connectivity index (χ1v) is 9.01. The molecule has 2 aromatic rings. The van der Waals surface area contributed by atoms with Gasteiger partial charge in [0.05, 0.1) is 6.54 Å². The number of nitrogens with one attached hydrogen (secondary N) is 1. The molecule has 0 aliphatic carbocycles. The van der Waals surface area contributed by atoms with Gasteiger partial charge in [-0.05, 0) is 46.9 Å². The lowest BCUT2D eigenvalue weighted by atomic mass is 9.87. The Hall–Kier alpha value is -2.95. The van der Waals surface area contributed by atoms with Gasteiger partial charge in [0.25, 0.3) is 0 Å². The normalized spacial score (nSPS) is 13.0. The zero-order chi connectivity index (χ0) is 19.3. The quantitative estimate of drug-likeness (QED) is 0.621. The minimum Gasteiger partial charge on any atom is -0.492 e. The van der Waals surface area contributed by atoms with Crippen LogP contribution in [0.4, 0.5) is 0 Å². The third-order valence-corrected chi connectivity index (χ3v) is 4.21. The van der Waals surface area contributed by atoms with Gasteiger partial charge in [-0.15, -0.1) is 0 Å². The van der Waals surface area contributed by atoms with Crippen LogP contribution in [-0.4, -0.2) is 25.9 Å². The summed E-state index contributed by atoms with van der Waals surface area (Å²) in [6, 6.07) is 13.6. The Kier molecular flexibility index (Phi) is 5.69. The van der Waals surface area contributed by atoms with Crippen molar-refractivity contribution in [2.24, 2.45) is 0 Å². The summed E-state index contributed by atoms with van der Waals surface area (Å²) in [6.07, 6.45) is 3.24. The van der Waals surface area contributed by atoms with Crippen LogP contribution in [0, 0.1) is 0 Å². The molecule has 1 aliphatic heterocycles. The molecule has 2 aromatic carbocycles. The number of ether oxygens (including phenoxy) is 3. The first-order chi connectivity index (χ1) is 12.9. The molecular weight excluding hydrogens is 342 g/mol. The maximum Gasteiger partial charge on any atom is 0.244 e. The lowest BCUT2D eigenvalue weighted by molar-refractivity contribution is -0.116. The van der Waals surface area contributed by atoms with E-state index in [1.165, 1.54) is 11.6 Å². The third kappa shape index (κ3) is 5.26. The Morgan fingerprint density at radius 3 is 2.59 bits per heavy atom. The number of carbonyl (C=O) groups excluding carboxylic acids is 1. The van der Waals surface area contributed by atoms with Crippen LogP contribution in [0.1, 0.15) is 31.9 Å². The molecule has 0 atom stereocenters. The maximum absolute atomic E-state index is 11.9. The van der Waals surface area contributed by atoms with Crippen molar-refractivity contribution in [3.05, 3.63) is 59.7 Å². The number of hydrogen-bond acceptors (Lipinski definition) is 4. The summed E-state index contributed by atoms with van der Waals surface area (Å²) in [5, 5.41) is 2.80. The van der Waals surface area contributed by atoms with Crippen LogP contribution in [0.3, 0.4) is 0 Å². The molecule has 3 rings (SSSR count). The molecule has 0 aromatic heterocycles. The third-order valence-electron chi connectivity index (χ3n) is 4.21. The van der Waals surface area contributed by atoms with Gasteiger partial charge in [0.2, 0.25) is 12.7 Å². The number of benzene rings is 2. The molecule has 5 heteroatoms. The van der Waals surface area contributed by atoms with E-state index in [-0.39, 0.29) is 18.1 Å². The summed E-state index contributed by atoms with van der Waals surface area (Å²) in [4.78, 5) is 11.9. The Bertz CT molecular complexity index is 819. The van der Waals surface area contributed by atoms with E-state index in [2.05, 4.69) is 38.2 Å². The second-order valence-electron chi connectivity index (χ2n) is 7.36. The summed E-state index contributed by atoms with van der Waals surface area (Å²) >= 11 is 0. The summed E-state index contributed by atoms with van der Waals surface area (Å²) in [5.41, 5.74) is 2.26. The molecule has 1 heterocycles. The molecule has 27 heavy (non-hydrogen) atoms. The zero-order valence-electron chi connectivity index (χ0n) is 16.0. The van der Waals surface area contributed by atoms with Crippen molar-refractivity contribution in [3.8, 4) is 17.2 Å². The smallest absolute Gasteiger partial charge is 0.244 e. The van der Waals surface area contributed by atoms with Gasteiger partial charge in [-0.3, -0.25) is 4.79 Å². The highest BCUT2D eigenvalue weighted by Gasteiger charge is 2.13. The van der Waals surface area contributed by atoms with Crippen LogP contribution < -0.4 is 19.5 Å². The van der Waals surface area contributed by atoms with Gasteiger partial charge in [0.1, 0.15) is 12.4 Å². The standard InChI is InChI=1S/C22H25NO4/c1-22(2,3)17-6-8-18(9-7-17)25-13-12-23-21(24)11-5-16-4-10-19-20(14-16)27-15-26-19/h4-11,14H,12-13,15H2,1-3H3,(H,23,24)/b11-5+. The fourth-order valence-corrected chi connectivity index (χ4v) is 2.64. The Morgan fingerprint density at radius 1 is 1.11 bits per heavy atom. The van der Waals surface area contributed by atoms with Crippen LogP contribution in [0.15, 0.2) is 48.5 Å². The fraction of sp³-hybridized carbons (Fsp3) is 0.318. The van der Waals surface area contributed by atoms with Gasteiger partial charge >= 0.3 is 0 Å². The minimum atomic E-state index is -0.167. The van der Waals surface area contributed by atoms with Crippen LogP contribution in [-0.2, 0) is 10.2 Å². The van der Waals surface area contributed by atoms with Crippen molar-refractivity contribution in [3.63, 3.8) is 0 Å². The molecule has 0 saturated carbocycles. The van der Waals surface area contributed by atoms with Gasteiger partial charge in [-0.2, -0.15) is 0 Å². The van der Waals surface area contributed by atoms with Gasteiger partial charge in [-0.1, -0.05) is 39.0 Å². The number of rotatable bonds is 6. The monoisotopic (exact) mass is 367 g/mol. The van der Waals surface area contributed by atoms with Gasteiger partial charge in [-0.25, -0.2) is 0 Å². The molecule has 0 fully saturated rings. The first kappa shape index (κ1) is 18.8. The highest BCUT2D eigenvalue weighted by atomic mass is 16.7. The predicted molar refractivity (Wildman–Crippen MR) is 105 cm³/mol. The summed E-state index contributed by atoms with van der Waals surface area (Å²) in [5.74, 6) is 2.06. The van der Waals surface area contributed by atoms with E-state index in [4.69, 9.17) is 14.2 Å². The second kappa shape index (κ2) is 8.16. The Morgan fingerprint density at radius 2 is 1.85 bits per heavy atom. The largest absolute Gasteiger partial charge is 0.492 e. The molecule has 1 N–H and O–H groups in total. The lowest BCUT2D eigenvalue weighted by Gasteiger charge is -2.19. The van der Waals surface area contributed by atoms with E-state index in [1.807, 2.05) is 30.3 Å². The van der Waals surface area contributed by atoms with E-state index in [9.17, 15) is 4.79 Å². The average Bonchev–Trinajstić information content (AvgIpc) is 3.11. The SMILES string of the molecule is CC(C)(C)c1ccc(OCCNC(=O)/C=C/c2ccc3c(c2)OCO3)cc1. The Balaban J connectivity index is 1.40. The van der Waals surface area contributed by atoms with E-state index >= 15 is 0 Å². The first-order valence-electron chi connectivity index (χ1n) is 9.01. The number of fused-ring (bicyclic) bond motifs is 1. The summed E-state index contributed by atoms with van der Waals surface area (Å²) in [7, 11) is 0. The van der Waals surface area contributed by atoms with Crippen molar-refractivity contribution in [2.45, 2.75) is 26.2 Å². The van der Waals surface area contributed by atoms with Gasteiger partial charge < -0.3 is 19.5 Å². The summed E-state index contributed by atoms with van der Waals surface area (Å²) < 4.78 is 16.3. The number of amides is 1. The molecule has 0 bridgehead atoms. The van der Waals surface area contributed by atoms with Crippen LogP contribution >= 0.6 is 0 Å². The van der Waals surface area contributed by atoms with Gasteiger partial charge in [0, 0.05) is 6.08 Å². The fourth-order valence-electron chi connectivity index (χ4n) is 2.64. The molecule has 0 unspecified atom stereocenters. The van der Waals surface area contributed by atoms with Crippen molar-refractivity contribution in [2.75, 3.05) is 19.9 Å². The number of hydrogen-bond donors (Lipinski definition) is 1. The molecule has 142 valence electrons. The van der Waals surface area contributed by atoms with Crippen LogP contribution in [0.25, 0.3) is 6.08 Å². The topological polar surface area (TPSA) is 56.8 Å².